The molecule has 4 amide bonds. The average molecular weight is 772 g/mol. The third-order valence-corrected chi connectivity index (χ3v) is 7.75. The number of carbonyl (C=O) groups excluding carboxylic acids is 4. The van der Waals surface area contributed by atoms with Gasteiger partial charge in [0.1, 0.15) is 47.1 Å². The number of ether oxygens (including phenoxy) is 3. The van der Waals surface area contributed by atoms with Crippen LogP contribution in [0, 0.1) is 6.92 Å². The second-order valence-corrected chi connectivity index (χ2v) is 14.9. The number of nitrogens with zero attached hydrogens (tertiary/aromatic N) is 3. The third-order valence-electron chi connectivity index (χ3n) is 7.15. The molecule has 4 aliphatic heterocycles. The molecule has 2 aromatic carbocycles. The summed E-state index contributed by atoms with van der Waals surface area (Å²) in [4.78, 5) is 58.4. The average Bonchev–Trinajstić information content (AvgIpc) is 3.43. The standard InChI is InChI=1S/C37H44Cl2N6O8/c1-22-29-30(44-53-22)24-12-14-25(15-13-24)50-17-11-9-8-10-16-45(35(49)52-37(5,6)7)21-28(46)41-31-26(38)18-23(19-27(31)39)20-40-33(42-32(29)47)43-34(48)51-36(2,3)4/h9,11-15,18-19H,8,10,16-17,20-21H2,1-7H3,(H,41,46)(H2,40,42,43,47,48). The summed E-state index contributed by atoms with van der Waals surface area (Å²) < 4.78 is 22.2. The fourth-order valence-corrected chi connectivity index (χ4v) is 5.50. The van der Waals surface area contributed by atoms with Crippen LogP contribution >= 0.6 is 23.2 Å². The van der Waals surface area contributed by atoms with Gasteiger partial charge in [0.05, 0.1) is 22.3 Å². The zero-order chi connectivity index (χ0) is 38.9. The maximum atomic E-state index is 13.7. The number of carbonyl (C=O) groups is 4. The van der Waals surface area contributed by atoms with Gasteiger partial charge in [-0.05, 0) is 103 Å². The summed E-state index contributed by atoms with van der Waals surface area (Å²) in [7, 11) is 0. The summed E-state index contributed by atoms with van der Waals surface area (Å²) in [6, 6.07) is 10.0. The first-order valence-corrected chi connectivity index (χ1v) is 17.6. The van der Waals surface area contributed by atoms with Gasteiger partial charge >= 0.3 is 12.2 Å². The number of hydrogen-bond acceptors (Lipinski definition) is 10. The lowest BCUT2D eigenvalue weighted by Gasteiger charge is -2.27. The molecule has 53 heavy (non-hydrogen) atoms. The van der Waals surface area contributed by atoms with E-state index < -0.39 is 35.2 Å². The van der Waals surface area contributed by atoms with Crippen molar-refractivity contribution in [1.29, 1.82) is 0 Å². The number of alkyl carbamates (subject to hydrolysis) is 1. The van der Waals surface area contributed by atoms with E-state index in [0.717, 1.165) is 0 Å². The molecule has 14 nitrogen and oxygen atoms in total. The van der Waals surface area contributed by atoms with E-state index in [9.17, 15) is 19.2 Å². The molecule has 5 heterocycles. The van der Waals surface area contributed by atoms with Crippen molar-refractivity contribution in [2.75, 3.05) is 25.0 Å². The summed E-state index contributed by atoms with van der Waals surface area (Å²) in [6.07, 6.45) is 3.42. The van der Waals surface area contributed by atoms with Crippen molar-refractivity contribution in [1.82, 2.24) is 20.7 Å². The lowest BCUT2D eigenvalue weighted by Crippen LogP contribution is -2.46. The van der Waals surface area contributed by atoms with Crippen LogP contribution in [-0.2, 0) is 20.8 Å². The Kier molecular flexibility index (Phi) is 13.5. The van der Waals surface area contributed by atoms with Gasteiger partial charge in [-0.3, -0.25) is 25.1 Å². The molecule has 284 valence electrons. The van der Waals surface area contributed by atoms with E-state index in [0.29, 0.717) is 29.7 Å². The highest BCUT2D eigenvalue weighted by Crippen LogP contribution is 2.32. The number of hydrogen-bond donors (Lipinski definition) is 3. The number of nitrogens with one attached hydrogen (secondary N) is 3. The molecule has 0 saturated carbocycles. The van der Waals surface area contributed by atoms with Gasteiger partial charge in [0, 0.05) is 12.1 Å². The fourth-order valence-electron chi connectivity index (χ4n) is 4.88. The third kappa shape index (κ3) is 12.5. The van der Waals surface area contributed by atoms with Gasteiger partial charge in [-0.15, -0.1) is 0 Å². The highest BCUT2D eigenvalue weighted by molar-refractivity contribution is 6.40. The Morgan fingerprint density at radius 3 is 2.25 bits per heavy atom. The van der Waals surface area contributed by atoms with Crippen LogP contribution in [0.15, 0.2) is 58.1 Å². The van der Waals surface area contributed by atoms with E-state index in [4.69, 9.17) is 41.9 Å². The van der Waals surface area contributed by atoms with Crippen LogP contribution < -0.4 is 20.7 Å². The van der Waals surface area contributed by atoms with Crippen molar-refractivity contribution in [3.8, 4) is 17.0 Å². The highest BCUT2D eigenvalue weighted by Gasteiger charge is 2.26. The molecule has 16 heteroatoms. The van der Waals surface area contributed by atoms with Gasteiger partial charge < -0.3 is 24.1 Å². The monoisotopic (exact) mass is 770 g/mol. The summed E-state index contributed by atoms with van der Waals surface area (Å²) in [5, 5.41) is 12.1. The molecule has 3 N–H and O–H groups in total. The predicted octanol–water partition coefficient (Wildman–Crippen LogP) is 7.67. The fraction of sp³-hybridized carbons (Fsp3) is 0.405. The maximum absolute atomic E-state index is 13.7. The van der Waals surface area contributed by atoms with Gasteiger partial charge in [0.15, 0.2) is 0 Å². The van der Waals surface area contributed by atoms with Gasteiger partial charge in [0.2, 0.25) is 11.9 Å². The number of amides is 4. The Hall–Kier alpha value is -5.08. The number of anilines is 1. The smallest absolute Gasteiger partial charge is 0.414 e. The Morgan fingerprint density at radius 2 is 1.60 bits per heavy atom. The minimum absolute atomic E-state index is 0.0927. The zero-order valence-electron chi connectivity index (χ0n) is 30.7. The van der Waals surface area contributed by atoms with E-state index in [2.05, 4.69) is 26.1 Å². The predicted molar refractivity (Wildman–Crippen MR) is 201 cm³/mol. The number of allylic oxidation sites excluding steroid dienone is 1. The van der Waals surface area contributed by atoms with Crippen molar-refractivity contribution in [2.24, 2.45) is 4.99 Å². The normalized spacial score (nSPS) is 15.1. The molecule has 4 bridgehead atoms. The van der Waals surface area contributed by atoms with E-state index in [1.165, 1.54) is 17.0 Å². The van der Waals surface area contributed by atoms with Crippen LogP contribution in [0.25, 0.3) is 11.3 Å². The number of aryl methyl sites for hydroxylation is 1. The minimum Gasteiger partial charge on any atom is -0.490 e. The lowest BCUT2D eigenvalue weighted by molar-refractivity contribution is -0.117. The van der Waals surface area contributed by atoms with Crippen LogP contribution in [0.5, 0.6) is 5.75 Å². The number of rotatable bonds is 0. The van der Waals surface area contributed by atoms with Crippen molar-refractivity contribution in [3.63, 3.8) is 0 Å². The largest absolute Gasteiger partial charge is 0.490 e. The molecule has 3 aromatic rings. The zero-order valence-corrected chi connectivity index (χ0v) is 32.2. The Labute approximate surface area is 318 Å². The SMILES string of the molecule is Cc1onc2c1C(=O)NC(NC(=O)OC(C)(C)C)=NCc1cc(Cl)c(c(Cl)c1)NC(=O)CN(C(=O)OC(C)(C)C)CCCC=CCOc1ccc-2cc1. The van der Waals surface area contributed by atoms with Crippen LogP contribution in [-0.4, -0.2) is 70.9 Å². The topological polar surface area (TPSA) is 174 Å². The maximum Gasteiger partial charge on any atom is 0.414 e. The number of benzene rings is 2. The summed E-state index contributed by atoms with van der Waals surface area (Å²) in [5.41, 5.74) is -0.0361. The molecule has 0 unspecified atom stereocenters. The number of halogens is 2. The molecule has 0 radical (unpaired) electrons. The first-order chi connectivity index (χ1) is 24.9. The van der Waals surface area contributed by atoms with Crippen LogP contribution in [0.1, 0.15) is 76.1 Å². The van der Waals surface area contributed by atoms with Gasteiger partial charge in [-0.25, -0.2) is 14.6 Å². The van der Waals surface area contributed by atoms with Crippen molar-refractivity contribution in [2.45, 2.75) is 79.1 Å². The summed E-state index contributed by atoms with van der Waals surface area (Å²) >= 11 is 13.1. The molecule has 7 rings (SSSR count). The summed E-state index contributed by atoms with van der Waals surface area (Å²) in [6.45, 7) is 12.0. The molecular formula is C37H44Cl2N6O8. The van der Waals surface area contributed by atoms with Gasteiger partial charge in [-0.1, -0.05) is 40.5 Å². The van der Waals surface area contributed by atoms with Crippen LogP contribution in [0.4, 0.5) is 15.3 Å². The number of guanidine groups is 1. The molecule has 0 spiro atoms. The Bertz CT molecular complexity index is 1850. The number of aromatic nitrogens is 1. The van der Waals surface area contributed by atoms with Crippen molar-refractivity contribution in [3.05, 3.63) is 75.5 Å². The van der Waals surface area contributed by atoms with Crippen molar-refractivity contribution < 1.29 is 37.9 Å². The molecule has 4 aliphatic rings. The van der Waals surface area contributed by atoms with E-state index in [1.807, 2.05) is 12.2 Å². The lowest BCUT2D eigenvalue weighted by atomic mass is 10.1. The molecular weight excluding hydrogens is 727 g/mol. The van der Waals surface area contributed by atoms with Crippen LogP contribution in [0.2, 0.25) is 10.0 Å². The van der Waals surface area contributed by atoms with E-state index in [1.54, 1.807) is 72.7 Å². The minimum atomic E-state index is -0.863. The van der Waals surface area contributed by atoms with Gasteiger partial charge in [0.25, 0.3) is 5.91 Å². The molecule has 0 saturated heterocycles. The van der Waals surface area contributed by atoms with E-state index in [-0.39, 0.29) is 65.0 Å². The number of aliphatic imine (C=N–C) groups is 1. The van der Waals surface area contributed by atoms with Gasteiger partial charge in [-0.2, -0.15) is 0 Å². The molecule has 1 aromatic heterocycles. The molecule has 0 fully saturated rings. The molecule has 0 atom stereocenters. The quantitative estimate of drug-likeness (QED) is 0.194. The Morgan fingerprint density at radius 1 is 0.943 bits per heavy atom. The second kappa shape index (κ2) is 17.6. The first kappa shape index (κ1) is 40.7. The summed E-state index contributed by atoms with van der Waals surface area (Å²) in [5.74, 6) is -0.622. The second-order valence-electron chi connectivity index (χ2n) is 14.0. The molecule has 0 aliphatic carbocycles. The first-order valence-electron chi connectivity index (χ1n) is 16.8. The highest BCUT2D eigenvalue weighted by atomic mass is 35.5. The Balaban J connectivity index is 1.69. The van der Waals surface area contributed by atoms with E-state index >= 15 is 0 Å². The van der Waals surface area contributed by atoms with Crippen LogP contribution in [0.3, 0.4) is 0 Å². The van der Waals surface area contributed by atoms with Crippen molar-refractivity contribution >= 4 is 58.8 Å².